The van der Waals surface area contributed by atoms with Gasteiger partial charge in [-0.3, -0.25) is 0 Å². The van der Waals surface area contributed by atoms with Crippen LogP contribution in [0.4, 0.5) is 4.39 Å². The predicted octanol–water partition coefficient (Wildman–Crippen LogP) is 1.97. The molecule has 1 aliphatic heterocycles. The number of nitrogens with one attached hydrogen (secondary N) is 1. The summed E-state index contributed by atoms with van der Waals surface area (Å²) in [5, 5.41) is 12.0. The summed E-state index contributed by atoms with van der Waals surface area (Å²) in [6.45, 7) is 2.07. The molecule has 17 heavy (non-hydrogen) atoms. The molecule has 0 aliphatic carbocycles. The molecule has 0 spiro atoms. The zero-order valence-electron chi connectivity index (χ0n) is 9.58. The third-order valence-electron chi connectivity index (χ3n) is 2.90. The van der Waals surface area contributed by atoms with Gasteiger partial charge in [0.2, 0.25) is 0 Å². The van der Waals surface area contributed by atoms with Gasteiger partial charge in [-0.15, -0.1) is 0 Å². The standard InChI is InChI=1S/C13H15FN2O/c14-13-4-3-10(7-15)6-11(13)9-17-12-2-1-5-16-8-12/h3-4,6,12,16H,1-2,5,8-9H2. The molecule has 0 amide bonds. The SMILES string of the molecule is N#Cc1ccc(F)c(COC2CCCNC2)c1. The lowest BCUT2D eigenvalue weighted by Crippen LogP contribution is -2.35. The zero-order valence-corrected chi connectivity index (χ0v) is 9.58. The van der Waals surface area contributed by atoms with Crippen LogP contribution < -0.4 is 5.32 Å². The van der Waals surface area contributed by atoms with Gasteiger partial charge in [0, 0.05) is 12.1 Å². The molecular weight excluding hydrogens is 219 g/mol. The Bertz CT molecular complexity index is 422. The maximum absolute atomic E-state index is 13.5. The molecule has 1 unspecified atom stereocenters. The third-order valence-corrected chi connectivity index (χ3v) is 2.90. The van der Waals surface area contributed by atoms with Gasteiger partial charge in [-0.1, -0.05) is 0 Å². The van der Waals surface area contributed by atoms with Crippen LogP contribution in [0, 0.1) is 17.1 Å². The molecule has 1 saturated heterocycles. The van der Waals surface area contributed by atoms with E-state index in [0.717, 1.165) is 25.9 Å². The monoisotopic (exact) mass is 234 g/mol. The van der Waals surface area contributed by atoms with Crippen molar-refractivity contribution in [1.29, 1.82) is 5.26 Å². The highest BCUT2D eigenvalue weighted by Crippen LogP contribution is 2.14. The summed E-state index contributed by atoms with van der Waals surface area (Å²) in [5.74, 6) is -0.312. The quantitative estimate of drug-likeness (QED) is 0.869. The summed E-state index contributed by atoms with van der Waals surface area (Å²) in [6.07, 6.45) is 2.24. The van der Waals surface area contributed by atoms with Crippen LogP contribution in [0.15, 0.2) is 18.2 Å². The van der Waals surface area contributed by atoms with Crippen LogP contribution in [0.25, 0.3) is 0 Å². The van der Waals surface area contributed by atoms with Crippen molar-refractivity contribution in [3.05, 3.63) is 35.1 Å². The fraction of sp³-hybridized carbons (Fsp3) is 0.462. The van der Waals surface area contributed by atoms with Crippen LogP contribution in [0.2, 0.25) is 0 Å². The van der Waals surface area contributed by atoms with E-state index < -0.39 is 0 Å². The second-order valence-electron chi connectivity index (χ2n) is 4.20. The predicted molar refractivity (Wildman–Crippen MR) is 61.8 cm³/mol. The summed E-state index contributed by atoms with van der Waals surface area (Å²) in [4.78, 5) is 0. The van der Waals surface area contributed by atoms with E-state index in [-0.39, 0.29) is 18.5 Å². The molecule has 1 aromatic rings. The topological polar surface area (TPSA) is 45.0 Å². The lowest BCUT2D eigenvalue weighted by atomic mass is 10.1. The fourth-order valence-corrected chi connectivity index (χ4v) is 1.92. The van der Waals surface area contributed by atoms with E-state index >= 15 is 0 Å². The molecule has 2 rings (SSSR count). The summed E-state index contributed by atoms with van der Waals surface area (Å²) in [5.41, 5.74) is 0.918. The van der Waals surface area contributed by atoms with Gasteiger partial charge in [0.1, 0.15) is 5.82 Å². The average molecular weight is 234 g/mol. The number of piperidine rings is 1. The van der Waals surface area contributed by atoms with Crippen molar-refractivity contribution in [1.82, 2.24) is 5.32 Å². The van der Waals surface area contributed by atoms with Gasteiger partial charge in [0.15, 0.2) is 0 Å². The Morgan fingerprint density at radius 1 is 1.53 bits per heavy atom. The van der Waals surface area contributed by atoms with Gasteiger partial charge in [-0.25, -0.2) is 4.39 Å². The van der Waals surface area contributed by atoms with Crippen molar-refractivity contribution < 1.29 is 9.13 Å². The molecular formula is C13H15FN2O. The second-order valence-corrected chi connectivity index (χ2v) is 4.20. The number of benzene rings is 1. The Labute approximate surface area is 100 Å². The Hall–Kier alpha value is -1.44. The molecule has 0 saturated carbocycles. The van der Waals surface area contributed by atoms with Crippen molar-refractivity contribution in [2.45, 2.75) is 25.6 Å². The molecule has 1 N–H and O–H groups in total. The van der Waals surface area contributed by atoms with Crippen LogP contribution in [-0.4, -0.2) is 19.2 Å². The first-order chi connectivity index (χ1) is 8.29. The number of hydrogen-bond donors (Lipinski definition) is 1. The second kappa shape index (κ2) is 5.76. The minimum absolute atomic E-state index is 0.147. The van der Waals surface area contributed by atoms with E-state index in [1.807, 2.05) is 6.07 Å². The maximum atomic E-state index is 13.5. The van der Waals surface area contributed by atoms with Gasteiger partial charge in [0.05, 0.1) is 24.3 Å². The average Bonchev–Trinajstić information content (AvgIpc) is 2.39. The van der Waals surface area contributed by atoms with Crippen molar-refractivity contribution in [3.8, 4) is 6.07 Å². The molecule has 1 aromatic carbocycles. The fourth-order valence-electron chi connectivity index (χ4n) is 1.92. The highest BCUT2D eigenvalue weighted by molar-refractivity contribution is 5.33. The van der Waals surface area contributed by atoms with E-state index in [4.69, 9.17) is 10.00 Å². The lowest BCUT2D eigenvalue weighted by molar-refractivity contribution is 0.0239. The highest BCUT2D eigenvalue weighted by Gasteiger charge is 2.14. The van der Waals surface area contributed by atoms with Gasteiger partial charge in [0.25, 0.3) is 0 Å². The highest BCUT2D eigenvalue weighted by atomic mass is 19.1. The third kappa shape index (κ3) is 3.26. The van der Waals surface area contributed by atoms with Crippen LogP contribution >= 0.6 is 0 Å². The first-order valence-corrected chi connectivity index (χ1v) is 5.80. The number of nitrogens with zero attached hydrogens (tertiary/aromatic N) is 1. The first-order valence-electron chi connectivity index (χ1n) is 5.80. The molecule has 0 bridgehead atoms. The molecule has 90 valence electrons. The molecule has 1 aliphatic rings. The smallest absolute Gasteiger partial charge is 0.128 e. The van der Waals surface area contributed by atoms with E-state index in [1.165, 1.54) is 12.1 Å². The number of halogens is 1. The van der Waals surface area contributed by atoms with Crippen LogP contribution in [-0.2, 0) is 11.3 Å². The Morgan fingerprint density at radius 3 is 3.12 bits per heavy atom. The first kappa shape index (κ1) is 12.0. The minimum atomic E-state index is -0.312. The summed E-state index contributed by atoms with van der Waals surface area (Å²) < 4.78 is 19.1. The van der Waals surface area contributed by atoms with Gasteiger partial charge in [-0.2, -0.15) is 5.26 Å². The minimum Gasteiger partial charge on any atom is -0.372 e. The van der Waals surface area contributed by atoms with E-state index in [9.17, 15) is 4.39 Å². The van der Waals surface area contributed by atoms with Gasteiger partial charge in [-0.05, 0) is 37.6 Å². The lowest BCUT2D eigenvalue weighted by Gasteiger charge is -2.23. The van der Waals surface area contributed by atoms with E-state index in [2.05, 4.69) is 5.32 Å². The number of hydrogen-bond acceptors (Lipinski definition) is 3. The van der Waals surface area contributed by atoms with Crippen molar-refractivity contribution in [3.63, 3.8) is 0 Å². The number of nitriles is 1. The summed E-state index contributed by atoms with van der Waals surface area (Å²) in [7, 11) is 0. The Balaban J connectivity index is 1.95. The summed E-state index contributed by atoms with van der Waals surface area (Å²) >= 11 is 0. The summed E-state index contributed by atoms with van der Waals surface area (Å²) in [6, 6.07) is 6.33. The van der Waals surface area contributed by atoms with Crippen molar-refractivity contribution >= 4 is 0 Å². The Morgan fingerprint density at radius 2 is 2.41 bits per heavy atom. The number of ether oxygens (including phenoxy) is 1. The Kier molecular flexibility index (Phi) is 4.08. The van der Waals surface area contributed by atoms with Gasteiger partial charge >= 0.3 is 0 Å². The molecule has 1 atom stereocenters. The molecule has 1 fully saturated rings. The van der Waals surface area contributed by atoms with Gasteiger partial charge < -0.3 is 10.1 Å². The molecule has 1 heterocycles. The zero-order chi connectivity index (χ0) is 12.1. The van der Waals surface area contributed by atoms with Crippen LogP contribution in [0.5, 0.6) is 0 Å². The van der Waals surface area contributed by atoms with Crippen molar-refractivity contribution in [2.24, 2.45) is 0 Å². The van der Waals surface area contributed by atoms with Crippen molar-refractivity contribution in [2.75, 3.05) is 13.1 Å². The molecule has 0 radical (unpaired) electrons. The van der Waals surface area contributed by atoms with Crippen LogP contribution in [0.3, 0.4) is 0 Å². The molecule has 3 nitrogen and oxygen atoms in total. The normalized spacial score (nSPS) is 19.9. The number of rotatable bonds is 3. The maximum Gasteiger partial charge on any atom is 0.128 e. The van der Waals surface area contributed by atoms with Crippen LogP contribution in [0.1, 0.15) is 24.0 Å². The molecule has 4 heteroatoms. The molecule has 0 aromatic heterocycles. The van der Waals surface area contributed by atoms with E-state index in [1.54, 1.807) is 6.07 Å². The van der Waals surface area contributed by atoms with E-state index in [0.29, 0.717) is 11.1 Å². The largest absolute Gasteiger partial charge is 0.372 e.